The predicted octanol–water partition coefficient (Wildman–Crippen LogP) is 3.96. The van der Waals surface area contributed by atoms with E-state index in [2.05, 4.69) is 67.2 Å². The van der Waals surface area contributed by atoms with Crippen LogP contribution in [0.15, 0.2) is 24.8 Å². The number of hydrogen-bond donors (Lipinski definition) is 11. The van der Waals surface area contributed by atoms with Crippen LogP contribution in [-0.2, 0) is 43.1 Å². The Balaban J connectivity index is 0.000000243. The molecule has 0 radical (unpaired) electrons. The molecule has 578 valence electrons. The SMILES string of the molecule is CCC[C@H](NC(=O)[C@@H]1[C@H]2CCC[C@H]2CN1C(=O)[C@@H](NC(=O)[C@@H](NC(=O)c1cnc(C(=O)O)cn1)C1CCCCC1)C(C)(C)C)C(O)C(=O)NC1CC1.CCC[C@H](NC(=O)[C@@H]1[C@H]2CCC[C@H]2CN1C(=O)[C@@H](NC(=O)[C@@H](NC(=O)c1cnc(C(=O)OC)cn1)C1CCCCC1)C(C)(C)C)C(O)C(=O)NC1CC1. The molecule has 8 fully saturated rings. The van der Waals surface area contributed by atoms with Gasteiger partial charge in [0.15, 0.2) is 23.6 Å². The van der Waals surface area contributed by atoms with Crippen LogP contribution in [0.2, 0.25) is 0 Å². The minimum atomic E-state index is -1.43. The number of likely N-dealkylation sites (tertiary alicyclic amines) is 2. The van der Waals surface area contributed by atoms with Gasteiger partial charge in [0.1, 0.15) is 47.6 Å². The quantitative estimate of drug-likeness (QED) is 0.0537. The Morgan fingerprint density at radius 3 is 1.15 bits per heavy atom. The molecule has 8 aliphatic rings. The minimum Gasteiger partial charge on any atom is -0.476 e. The lowest BCUT2D eigenvalue weighted by Crippen LogP contribution is -2.62. The Morgan fingerprint density at radius 2 is 0.829 bits per heavy atom. The number of carboxylic acids is 1. The first-order valence-corrected chi connectivity index (χ1v) is 38.3. The standard InChI is InChI=1S/C38H57N7O8.C37H55N7O8/c1-6-11-25(30(46)35(50)41-23-16-17-23)42-34(49)29-24-15-10-14-22(24)20-45(29)36(51)31(38(2,3)4)44-33(48)28(21-12-8-7-9-13-21)43-32(47)26-18-40-27(19-39-26)37(52)53-5;1-5-10-24(29(45)34(49)40-22-15-16-22)41-33(48)28-23-14-9-13-21(23)19-44(28)35(50)30(37(2,3)4)43-32(47)27(20-11-7-6-8-12-20)42-31(46)25-17-39-26(18-38-25)36(51)52/h18-19,21-25,28-31,46H,6-17,20H2,1-5H3,(H,41,50)(H,42,49)(H,43,47)(H,44,48);17-18,20-24,27-30,45H,5-16,19H2,1-4H3,(H,40,49)(H,41,48)(H,42,46)(H,43,47)(H,51,52)/t22-,24-,25-,28-,29-,30?,31+;21-,23-,24-,27-,28-,29?,30+/m00/s1. The number of aliphatic hydroxyl groups is 2. The summed E-state index contributed by atoms with van der Waals surface area (Å²) in [5.74, 6) is -7.35. The van der Waals surface area contributed by atoms with Crippen LogP contribution in [0, 0.1) is 46.3 Å². The van der Waals surface area contributed by atoms with Crippen molar-refractivity contribution in [2.75, 3.05) is 20.2 Å². The topological polar surface area (TPSA) is 429 Å². The molecular formula is C75H112N14O16. The van der Waals surface area contributed by atoms with Crippen molar-refractivity contribution in [2.45, 2.75) is 282 Å². The third-order valence-corrected chi connectivity index (χ3v) is 22.4. The lowest BCUT2D eigenvalue weighted by molar-refractivity contribution is -0.146. The van der Waals surface area contributed by atoms with Gasteiger partial charge >= 0.3 is 11.9 Å². The van der Waals surface area contributed by atoms with Crippen molar-refractivity contribution in [1.29, 1.82) is 0 Å². The fraction of sp³-hybridized carbons (Fsp3) is 0.733. The van der Waals surface area contributed by atoms with Gasteiger partial charge < -0.3 is 72.4 Å². The summed E-state index contributed by atoms with van der Waals surface area (Å²) in [4.78, 5) is 180. The number of aromatic carboxylic acids is 1. The summed E-state index contributed by atoms with van der Waals surface area (Å²) in [5.41, 5.74) is -2.17. The van der Waals surface area contributed by atoms with E-state index in [0.717, 1.165) is 128 Å². The zero-order chi connectivity index (χ0) is 76.2. The predicted molar refractivity (Wildman–Crippen MR) is 381 cm³/mol. The van der Waals surface area contributed by atoms with Crippen molar-refractivity contribution < 1.29 is 77.6 Å². The zero-order valence-corrected chi connectivity index (χ0v) is 62.4. The Bertz CT molecular complexity index is 3440. The molecule has 0 aromatic carbocycles. The van der Waals surface area contributed by atoms with Gasteiger partial charge in [0.2, 0.25) is 35.4 Å². The van der Waals surface area contributed by atoms with E-state index in [1.54, 1.807) is 9.80 Å². The molecule has 105 heavy (non-hydrogen) atoms. The van der Waals surface area contributed by atoms with E-state index in [0.29, 0.717) is 64.5 Å². The summed E-state index contributed by atoms with van der Waals surface area (Å²) in [6, 6.07) is -7.24. The number of aliphatic hydroxyl groups excluding tert-OH is 2. The van der Waals surface area contributed by atoms with Gasteiger partial charge in [0.25, 0.3) is 23.6 Å². The number of fused-ring (bicyclic) bond motifs is 2. The molecule has 2 saturated heterocycles. The van der Waals surface area contributed by atoms with Gasteiger partial charge in [-0.2, -0.15) is 0 Å². The molecule has 30 nitrogen and oxygen atoms in total. The second-order valence-electron chi connectivity index (χ2n) is 32.5. The van der Waals surface area contributed by atoms with E-state index in [9.17, 15) is 67.7 Å². The summed E-state index contributed by atoms with van der Waals surface area (Å²) in [6.07, 6.45) is 20.4. The Kier molecular flexibility index (Phi) is 27.6. The van der Waals surface area contributed by atoms with Crippen molar-refractivity contribution in [3.63, 3.8) is 0 Å². The van der Waals surface area contributed by atoms with Gasteiger partial charge in [-0.3, -0.25) is 47.9 Å². The summed E-state index contributed by atoms with van der Waals surface area (Å²) in [5, 5.41) is 54.2. The van der Waals surface area contributed by atoms with E-state index in [-0.39, 0.29) is 70.4 Å². The van der Waals surface area contributed by atoms with E-state index < -0.39 is 142 Å². The first-order valence-electron chi connectivity index (χ1n) is 38.3. The molecule has 14 atom stereocenters. The highest BCUT2D eigenvalue weighted by molar-refractivity contribution is 6.00. The largest absolute Gasteiger partial charge is 0.476 e. The summed E-state index contributed by atoms with van der Waals surface area (Å²) in [7, 11) is 1.21. The average Bonchev–Trinajstić information content (AvgIpc) is 1.65. The van der Waals surface area contributed by atoms with Crippen LogP contribution in [0.1, 0.15) is 251 Å². The number of nitrogens with one attached hydrogen (secondary N) is 8. The third-order valence-electron chi connectivity index (χ3n) is 22.4. The molecule has 11 N–H and O–H groups in total. The van der Waals surface area contributed by atoms with Crippen LogP contribution in [0.5, 0.6) is 0 Å². The van der Waals surface area contributed by atoms with Crippen LogP contribution >= 0.6 is 0 Å². The maximum Gasteiger partial charge on any atom is 0.358 e. The third kappa shape index (κ3) is 20.7. The lowest BCUT2D eigenvalue weighted by Gasteiger charge is -2.38. The van der Waals surface area contributed by atoms with Crippen LogP contribution in [0.25, 0.3) is 0 Å². The van der Waals surface area contributed by atoms with Gasteiger partial charge in [-0.25, -0.2) is 29.5 Å². The summed E-state index contributed by atoms with van der Waals surface area (Å²) >= 11 is 0. The second kappa shape index (κ2) is 35.9. The van der Waals surface area contributed by atoms with E-state index >= 15 is 0 Å². The van der Waals surface area contributed by atoms with Gasteiger partial charge in [-0.05, 0) is 136 Å². The van der Waals surface area contributed by atoms with Crippen molar-refractivity contribution in [3.05, 3.63) is 47.6 Å². The summed E-state index contributed by atoms with van der Waals surface area (Å²) < 4.78 is 4.66. The van der Waals surface area contributed by atoms with E-state index in [4.69, 9.17) is 5.11 Å². The van der Waals surface area contributed by atoms with Gasteiger partial charge in [0, 0.05) is 25.2 Å². The molecule has 30 heteroatoms. The van der Waals surface area contributed by atoms with Crippen molar-refractivity contribution >= 4 is 71.0 Å². The molecule has 6 aliphatic carbocycles. The van der Waals surface area contributed by atoms with Gasteiger partial charge in [-0.1, -0.05) is 120 Å². The molecule has 10 rings (SSSR count). The molecule has 10 amide bonds. The molecule has 2 unspecified atom stereocenters. The second-order valence-corrected chi connectivity index (χ2v) is 32.5. The number of nitrogens with zero attached hydrogens (tertiary/aromatic N) is 6. The van der Waals surface area contributed by atoms with Gasteiger partial charge in [-0.15, -0.1) is 0 Å². The van der Waals surface area contributed by atoms with E-state index in [1.165, 1.54) is 7.11 Å². The number of rotatable bonds is 28. The number of methoxy groups -OCH3 is 1. The molecule has 2 aliphatic heterocycles. The first-order chi connectivity index (χ1) is 49.9. The molecule has 6 saturated carbocycles. The number of aromatic nitrogens is 4. The molecule has 0 spiro atoms. The highest BCUT2D eigenvalue weighted by Crippen LogP contribution is 2.45. The van der Waals surface area contributed by atoms with Crippen LogP contribution in [-0.4, -0.2) is 209 Å². The smallest absolute Gasteiger partial charge is 0.358 e. The minimum absolute atomic E-state index is 0.0527. The number of esters is 1. The zero-order valence-electron chi connectivity index (χ0n) is 62.4. The molecule has 2 aromatic heterocycles. The highest BCUT2D eigenvalue weighted by Gasteiger charge is 2.55. The fourth-order valence-electron chi connectivity index (χ4n) is 16.4. The maximum absolute atomic E-state index is 14.7. The highest BCUT2D eigenvalue weighted by atomic mass is 16.5. The maximum atomic E-state index is 14.7. The molecule has 0 bridgehead atoms. The number of carboxylic acid groups (broad SMARTS) is 1. The van der Waals surface area contributed by atoms with Gasteiger partial charge in [0.05, 0.1) is 44.0 Å². The summed E-state index contributed by atoms with van der Waals surface area (Å²) in [6.45, 7) is 15.6. The number of carbonyl (C=O) groups is 12. The Labute approximate surface area is 614 Å². The van der Waals surface area contributed by atoms with Crippen LogP contribution in [0.3, 0.4) is 0 Å². The number of ether oxygens (including phenoxy) is 1. The average molecular weight is 1470 g/mol. The monoisotopic (exact) mass is 1460 g/mol. The first kappa shape index (κ1) is 80.8. The Morgan fingerprint density at radius 1 is 0.467 bits per heavy atom. The number of carbonyl (C=O) groups excluding carboxylic acids is 11. The molecule has 2 aromatic rings. The van der Waals surface area contributed by atoms with Crippen LogP contribution < -0.4 is 42.5 Å². The van der Waals surface area contributed by atoms with Crippen molar-refractivity contribution in [3.8, 4) is 0 Å². The number of amides is 10. The van der Waals surface area contributed by atoms with E-state index in [1.807, 2.05) is 55.4 Å². The molecule has 4 heterocycles. The van der Waals surface area contributed by atoms with Crippen LogP contribution in [0.4, 0.5) is 0 Å². The number of hydrogen-bond acceptors (Lipinski definition) is 19. The Hall–Kier alpha value is -8.28. The lowest BCUT2D eigenvalue weighted by atomic mass is 9.82. The normalized spacial score (nSPS) is 24.0. The van der Waals surface area contributed by atoms with Crippen molar-refractivity contribution in [1.82, 2.24) is 72.3 Å². The fourth-order valence-corrected chi connectivity index (χ4v) is 16.4. The molecular weight excluding hydrogens is 1350 g/mol. The van der Waals surface area contributed by atoms with Crippen molar-refractivity contribution in [2.24, 2.45) is 46.3 Å².